The zero-order chi connectivity index (χ0) is 13.3. The van der Waals surface area contributed by atoms with Gasteiger partial charge in [0, 0.05) is 12.6 Å². The van der Waals surface area contributed by atoms with Crippen molar-refractivity contribution in [3.63, 3.8) is 0 Å². The summed E-state index contributed by atoms with van der Waals surface area (Å²) in [5.41, 5.74) is 6.94. The number of benzene rings is 1. The highest BCUT2D eigenvalue weighted by Crippen LogP contribution is 2.17. The summed E-state index contributed by atoms with van der Waals surface area (Å²) in [6, 6.07) is 4.13. The van der Waals surface area contributed by atoms with Gasteiger partial charge in [-0.3, -0.25) is 9.48 Å². The molecule has 0 saturated carbocycles. The van der Waals surface area contributed by atoms with Gasteiger partial charge in [-0.15, -0.1) is 0 Å². The molecule has 1 heterocycles. The number of halogens is 1. The number of hydrogen-bond donors (Lipinski definition) is 2. The van der Waals surface area contributed by atoms with Gasteiger partial charge >= 0.3 is 0 Å². The molecule has 0 bridgehead atoms. The Balaban J connectivity index is 2.27. The second kappa shape index (κ2) is 4.48. The minimum absolute atomic E-state index is 0.244. The molecule has 0 atom stereocenters. The third kappa shape index (κ3) is 2.32. The summed E-state index contributed by atoms with van der Waals surface area (Å²) < 4.78 is 14.6. The standard InChI is InChI=1S/C12H13FN4O/c1-7-3-8(5-9(13)4-7)12(18)16-11-10(14)6-15-17(11)2/h3-6H,14H2,1-2H3,(H,16,18). The van der Waals surface area contributed by atoms with Gasteiger partial charge in [-0.2, -0.15) is 5.10 Å². The van der Waals surface area contributed by atoms with Crippen molar-refractivity contribution in [3.05, 3.63) is 41.3 Å². The van der Waals surface area contributed by atoms with Crippen molar-refractivity contribution in [1.29, 1.82) is 0 Å². The maximum absolute atomic E-state index is 13.2. The van der Waals surface area contributed by atoms with Crippen molar-refractivity contribution >= 4 is 17.4 Å². The number of nitrogens with two attached hydrogens (primary N) is 1. The summed E-state index contributed by atoms with van der Waals surface area (Å²) in [5.74, 6) is -0.479. The SMILES string of the molecule is Cc1cc(F)cc(C(=O)Nc2c(N)cnn2C)c1. The van der Waals surface area contributed by atoms with Crippen molar-refractivity contribution in [3.8, 4) is 0 Å². The van der Waals surface area contributed by atoms with E-state index in [1.165, 1.54) is 23.0 Å². The van der Waals surface area contributed by atoms with Crippen LogP contribution in [0.15, 0.2) is 24.4 Å². The largest absolute Gasteiger partial charge is 0.394 e. The number of aromatic nitrogens is 2. The van der Waals surface area contributed by atoms with Crippen molar-refractivity contribution in [2.45, 2.75) is 6.92 Å². The van der Waals surface area contributed by atoms with E-state index < -0.39 is 11.7 Å². The molecule has 94 valence electrons. The lowest BCUT2D eigenvalue weighted by atomic mass is 10.1. The second-order valence-electron chi connectivity index (χ2n) is 4.04. The van der Waals surface area contributed by atoms with Gasteiger partial charge < -0.3 is 11.1 Å². The van der Waals surface area contributed by atoms with E-state index in [1.54, 1.807) is 20.0 Å². The van der Waals surface area contributed by atoms with Crippen LogP contribution in [-0.4, -0.2) is 15.7 Å². The Morgan fingerprint density at radius 1 is 1.44 bits per heavy atom. The van der Waals surface area contributed by atoms with Crippen LogP contribution in [-0.2, 0) is 7.05 Å². The fraction of sp³-hybridized carbons (Fsp3) is 0.167. The predicted octanol–water partition coefficient (Wildman–Crippen LogP) is 1.70. The molecule has 0 aliphatic heterocycles. The Morgan fingerprint density at radius 3 is 2.72 bits per heavy atom. The lowest BCUT2D eigenvalue weighted by Crippen LogP contribution is -2.16. The van der Waals surface area contributed by atoms with Crippen molar-refractivity contribution in [2.75, 3.05) is 11.1 Å². The fourth-order valence-corrected chi connectivity index (χ4v) is 1.65. The lowest BCUT2D eigenvalue weighted by molar-refractivity contribution is 0.102. The van der Waals surface area contributed by atoms with Gasteiger partial charge in [-0.05, 0) is 30.7 Å². The van der Waals surface area contributed by atoms with Crippen molar-refractivity contribution in [1.82, 2.24) is 9.78 Å². The number of nitrogens with zero attached hydrogens (tertiary/aromatic N) is 2. The molecule has 0 spiro atoms. The molecule has 0 aliphatic rings. The van der Waals surface area contributed by atoms with E-state index in [0.29, 0.717) is 17.1 Å². The molecule has 0 radical (unpaired) electrons. The molecule has 0 fully saturated rings. The minimum Gasteiger partial charge on any atom is -0.394 e. The molecule has 1 aromatic carbocycles. The van der Waals surface area contributed by atoms with Gasteiger partial charge in [0.1, 0.15) is 5.82 Å². The third-order valence-corrected chi connectivity index (χ3v) is 2.50. The summed E-state index contributed by atoms with van der Waals surface area (Å²) in [6.45, 7) is 1.72. The summed E-state index contributed by atoms with van der Waals surface area (Å²) in [5, 5.41) is 6.50. The lowest BCUT2D eigenvalue weighted by Gasteiger charge is -2.07. The number of aryl methyl sites for hydroxylation is 2. The van der Waals surface area contributed by atoms with Crippen molar-refractivity contribution in [2.24, 2.45) is 7.05 Å². The number of hydrogen-bond acceptors (Lipinski definition) is 3. The van der Waals surface area contributed by atoms with E-state index in [4.69, 9.17) is 5.73 Å². The Kier molecular flexibility index (Phi) is 3.01. The van der Waals surface area contributed by atoms with Crippen molar-refractivity contribution < 1.29 is 9.18 Å². The average Bonchev–Trinajstić information content (AvgIpc) is 2.59. The van der Waals surface area contributed by atoms with E-state index in [0.717, 1.165) is 0 Å². The zero-order valence-electron chi connectivity index (χ0n) is 10.1. The molecule has 2 rings (SSSR count). The van der Waals surface area contributed by atoms with E-state index in [9.17, 15) is 9.18 Å². The van der Waals surface area contributed by atoms with Gasteiger partial charge in [0.05, 0.1) is 11.9 Å². The maximum Gasteiger partial charge on any atom is 0.256 e. The highest BCUT2D eigenvalue weighted by atomic mass is 19.1. The highest BCUT2D eigenvalue weighted by molar-refractivity contribution is 6.05. The molecule has 0 saturated heterocycles. The predicted molar refractivity (Wildman–Crippen MR) is 66.7 cm³/mol. The van der Waals surface area contributed by atoms with E-state index in [2.05, 4.69) is 10.4 Å². The Hall–Kier alpha value is -2.37. The monoisotopic (exact) mass is 248 g/mol. The number of anilines is 2. The van der Waals surface area contributed by atoms with Gasteiger partial charge in [-0.1, -0.05) is 0 Å². The molecular weight excluding hydrogens is 235 g/mol. The normalized spacial score (nSPS) is 10.4. The molecule has 5 nitrogen and oxygen atoms in total. The topological polar surface area (TPSA) is 72.9 Å². The number of nitrogens with one attached hydrogen (secondary N) is 1. The van der Waals surface area contributed by atoms with Crippen LogP contribution in [0.1, 0.15) is 15.9 Å². The van der Waals surface area contributed by atoms with Gasteiger partial charge in [0.2, 0.25) is 0 Å². The van der Waals surface area contributed by atoms with E-state index in [1.807, 2.05) is 0 Å². The number of carbonyl (C=O) groups is 1. The first-order chi connectivity index (χ1) is 8.47. The summed E-state index contributed by atoms with van der Waals surface area (Å²) in [7, 11) is 1.66. The summed E-state index contributed by atoms with van der Waals surface area (Å²) in [4.78, 5) is 11.9. The number of rotatable bonds is 2. The third-order valence-electron chi connectivity index (χ3n) is 2.50. The number of carbonyl (C=O) groups excluding carboxylic acids is 1. The maximum atomic E-state index is 13.2. The molecule has 3 N–H and O–H groups in total. The van der Waals surface area contributed by atoms with E-state index in [-0.39, 0.29) is 5.56 Å². The van der Waals surface area contributed by atoms with Crippen LogP contribution in [0.25, 0.3) is 0 Å². The van der Waals surface area contributed by atoms with Crippen LogP contribution in [0.4, 0.5) is 15.9 Å². The highest BCUT2D eigenvalue weighted by Gasteiger charge is 2.12. The van der Waals surface area contributed by atoms with Gasteiger partial charge in [0.25, 0.3) is 5.91 Å². The Labute approximate surface area is 103 Å². The van der Waals surface area contributed by atoms with Crippen LogP contribution in [0.2, 0.25) is 0 Å². The average molecular weight is 248 g/mol. The first-order valence-corrected chi connectivity index (χ1v) is 5.33. The fourth-order valence-electron chi connectivity index (χ4n) is 1.65. The summed E-state index contributed by atoms with van der Waals surface area (Å²) in [6.07, 6.45) is 1.44. The number of amides is 1. The Morgan fingerprint density at radius 2 is 2.17 bits per heavy atom. The zero-order valence-corrected chi connectivity index (χ0v) is 10.1. The molecule has 18 heavy (non-hydrogen) atoms. The second-order valence-corrected chi connectivity index (χ2v) is 4.04. The van der Waals surface area contributed by atoms with E-state index >= 15 is 0 Å². The first kappa shape index (κ1) is 12.1. The molecule has 1 aromatic heterocycles. The van der Waals surface area contributed by atoms with Crippen LogP contribution in [0.5, 0.6) is 0 Å². The smallest absolute Gasteiger partial charge is 0.256 e. The first-order valence-electron chi connectivity index (χ1n) is 5.33. The minimum atomic E-state index is -0.446. The van der Waals surface area contributed by atoms with Crippen LogP contribution in [0.3, 0.4) is 0 Å². The Bertz CT molecular complexity index is 566. The summed E-state index contributed by atoms with van der Waals surface area (Å²) >= 11 is 0. The van der Waals surface area contributed by atoms with Crippen LogP contribution < -0.4 is 11.1 Å². The quantitative estimate of drug-likeness (QED) is 0.849. The van der Waals surface area contributed by atoms with Crippen LogP contribution in [0, 0.1) is 12.7 Å². The molecule has 2 aromatic rings. The van der Waals surface area contributed by atoms with Gasteiger partial charge in [0.15, 0.2) is 5.82 Å². The van der Waals surface area contributed by atoms with Gasteiger partial charge in [-0.25, -0.2) is 4.39 Å². The molecule has 0 aliphatic carbocycles. The molecule has 6 heteroatoms. The molecule has 0 unspecified atom stereocenters. The molecule has 1 amide bonds. The van der Waals surface area contributed by atoms with Crippen LogP contribution >= 0.6 is 0 Å². The molecular formula is C12H13FN4O. The number of nitrogen functional groups attached to an aromatic ring is 1.